The predicted molar refractivity (Wildman–Crippen MR) is 148 cm³/mol. The lowest BCUT2D eigenvalue weighted by molar-refractivity contribution is 0.00578. The third kappa shape index (κ3) is 5.76. The number of carbonyl (C=O) groups excluding carboxylic acids is 1. The number of hydrogen-bond acceptors (Lipinski definition) is 8. The van der Waals surface area contributed by atoms with Gasteiger partial charge in [-0.3, -0.25) is 0 Å². The molecule has 0 unspecified atom stereocenters. The molecule has 0 saturated carbocycles. The molecule has 2 aromatic heterocycles. The first-order valence-corrected chi connectivity index (χ1v) is 13.0. The van der Waals surface area contributed by atoms with E-state index in [0.29, 0.717) is 37.8 Å². The molecule has 2 saturated heterocycles. The number of benzene rings is 1. The van der Waals surface area contributed by atoms with Crippen molar-refractivity contribution < 1.29 is 18.8 Å². The van der Waals surface area contributed by atoms with Crippen molar-refractivity contribution in [1.29, 1.82) is 0 Å². The lowest BCUT2D eigenvalue weighted by Gasteiger charge is -2.35. The molecule has 0 bridgehead atoms. The van der Waals surface area contributed by atoms with Gasteiger partial charge in [-0.2, -0.15) is 0 Å². The summed E-state index contributed by atoms with van der Waals surface area (Å²) in [5.41, 5.74) is 2.08. The Hall–Kier alpha value is -3.63. The van der Waals surface area contributed by atoms with E-state index in [1.165, 1.54) is 0 Å². The second-order valence-electron chi connectivity index (χ2n) is 10.6. The summed E-state index contributed by atoms with van der Waals surface area (Å²) in [7, 11) is -0.451. The minimum atomic E-state index is -0.451. The van der Waals surface area contributed by atoms with Gasteiger partial charge in [0.1, 0.15) is 18.2 Å². The third-order valence-corrected chi connectivity index (χ3v) is 7.42. The van der Waals surface area contributed by atoms with Gasteiger partial charge in [-0.25, -0.2) is 14.8 Å². The van der Waals surface area contributed by atoms with E-state index in [9.17, 15) is 4.79 Å². The number of rotatable bonds is 6. The Labute approximate surface area is 224 Å². The van der Waals surface area contributed by atoms with Crippen molar-refractivity contribution in [2.75, 3.05) is 36.4 Å². The van der Waals surface area contributed by atoms with Gasteiger partial charge in [0, 0.05) is 32.4 Å². The Morgan fingerprint density at radius 1 is 0.947 bits per heavy atom. The molecule has 3 aromatic rings. The highest BCUT2D eigenvalue weighted by Crippen LogP contribution is 2.36. The molecular formula is C28H34BN5O4. The van der Waals surface area contributed by atoms with Crippen LogP contribution in [0.2, 0.25) is 0 Å². The minimum Gasteiger partial charge on any atom is -0.445 e. The average molecular weight is 515 g/mol. The smallest absolute Gasteiger partial charge is 0.445 e. The monoisotopic (exact) mass is 515 g/mol. The largest absolute Gasteiger partial charge is 0.495 e. The first-order valence-electron chi connectivity index (χ1n) is 13.0. The molecular weight excluding hydrogens is 481 g/mol. The lowest BCUT2D eigenvalue weighted by Crippen LogP contribution is -2.49. The second kappa shape index (κ2) is 10.6. The Bertz CT molecular complexity index is 1230. The molecule has 0 aliphatic carbocycles. The van der Waals surface area contributed by atoms with Gasteiger partial charge < -0.3 is 29.2 Å². The fourth-order valence-electron chi connectivity index (χ4n) is 4.38. The van der Waals surface area contributed by atoms with E-state index in [1.54, 1.807) is 11.1 Å². The molecule has 1 amide bonds. The average Bonchev–Trinajstić information content (AvgIpc) is 3.15. The topological polar surface area (TPSA) is 89.1 Å². The molecule has 1 aromatic carbocycles. The first kappa shape index (κ1) is 26.0. The van der Waals surface area contributed by atoms with Gasteiger partial charge in [-0.1, -0.05) is 30.3 Å². The highest BCUT2D eigenvalue weighted by Gasteiger charge is 2.51. The Balaban J connectivity index is 1.13. The standard InChI is InChI=1S/C28H34BN5O4/c1-27(2)28(3,4)38-29(37-27)22-12-13-30-25(18-22)32-24-11-10-23(19-31-24)33-14-16-34(17-15-33)26(35)36-20-21-8-6-5-7-9-21/h5-13,18-19H,14-17,20H2,1-4H3,(H,30,31,32). The normalized spacial score (nSPS) is 18.4. The number of piperazine rings is 1. The van der Waals surface area contributed by atoms with Crippen LogP contribution in [0.25, 0.3) is 0 Å². The molecule has 5 rings (SSSR count). The van der Waals surface area contributed by atoms with Gasteiger partial charge in [0.2, 0.25) is 0 Å². The Morgan fingerprint density at radius 2 is 1.66 bits per heavy atom. The van der Waals surface area contributed by atoms with Crippen LogP contribution in [-0.2, 0) is 20.7 Å². The van der Waals surface area contributed by atoms with E-state index in [2.05, 4.69) is 20.2 Å². The highest BCUT2D eigenvalue weighted by atomic mass is 16.7. The van der Waals surface area contributed by atoms with E-state index < -0.39 is 18.3 Å². The SMILES string of the molecule is CC1(C)OB(c2ccnc(Nc3ccc(N4CCN(C(=O)OCc5ccccc5)CC4)cn3)c2)OC1(C)C. The zero-order valence-electron chi connectivity index (χ0n) is 22.4. The zero-order chi connectivity index (χ0) is 26.8. The molecule has 4 heterocycles. The lowest BCUT2D eigenvalue weighted by atomic mass is 9.80. The van der Waals surface area contributed by atoms with Crippen LogP contribution in [0.5, 0.6) is 0 Å². The molecule has 10 heteroatoms. The number of carbonyl (C=O) groups is 1. The van der Waals surface area contributed by atoms with Crippen LogP contribution < -0.4 is 15.7 Å². The zero-order valence-corrected chi connectivity index (χ0v) is 22.4. The number of hydrogen-bond donors (Lipinski definition) is 1. The molecule has 0 radical (unpaired) electrons. The van der Waals surface area contributed by atoms with Gasteiger partial charge in [-0.05, 0) is 63.0 Å². The second-order valence-corrected chi connectivity index (χ2v) is 10.6. The van der Waals surface area contributed by atoms with Gasteiger partial charge in [0.15, 0.2) is 0 Å². The molecule has 2 fully saturated rings. The first-order chi connectivity index (χ1) is 18.2. The summed E-state index contributed by atoms with van der Waals surface area (Å²) in [6, 6.07) is 17.5. The number of anilines is 3. The number of pyridine rings is 2. The van der Waals surface area contributed by atoms with Crippen LogP contribution in [0.3, 0.4) is 0 Å². The summed E-state index contributed by atoms with van der Waals surface area (Å²) in [4.78, 5) is 25.4. The van der Waals surface area contributed by atoms with Crippen molar-refractivity contribution in [2.45, 2.75) is 45.5 Å². The van der Waals surface area contributed by atoms with E-state index in [1.807, 2.05) is 88.5 Å². The molecule has 9 nitrogen and oxygen atoms in total. The summed E-state index contributed by atoms with van der Waals surface area (Å²) in [6.45, 7) is 11.1. The molecule has 0 spiro atoms. The van der Waals surface area contributed by atoms with Crippen LogP contribution in [0, 0.1) is 0 Å². The minimum absolute atomic E-state index is 0.276. The number of nitrogens with zero attached hydrogens (tertiary/aromatic N) is 4. The van der Waals surface area contributed by atoms with Crippen LogP contribution in [0.1, 0.15) is 33.3 Å². The predicted octanol–water partition coefficient (Wildman–Crippen LogP) is 3.98. The van der Waals surface area contributed by atoms with E-state index >= 15 is 0 Å². The molecule has 38 heavy (non-hydrogen) atoms. The maximum Gasteiger partial charge on any atom is 0.495 e. The van der Waals surface area contributed by atoms with Crippen molar-refractivity contribution in [3.8, 4) is 0 Å². The van der Waals surface area contributed by atoms with Gasteiger partial charge in [0.25, 0.3) is 0 Å². The van der Waals surface area contributed by atoms with Crippen LogP contribution in [-0.4, -0.2) is 65.5 Å². The van der Waals surface area contributed by atoms with Gasteiger partial charge in [0.05, 0.1) is 23.1 Å². The van der Waals surface area contributed by atoms with Crippen molar-refractivity contribution in [3.63, 3.8) is 0 Å². The van der Waals surface area contributed by atoms with Crippen LogP contribution in [0.4, 0.5) is 22.1 Å². The third-order valence-electron chi connectivity index (χ3n) is 7.42. The van der Waals surface area contributed by atoms with Crippen molar-refractivity contribution in [2.24, 2.45) is 0 Å². The van der Waals surface area contributed by atoms with Crippen LogP contribution >= 0.6 is 0 Å². The molecule has 0 atom stereocenters. The number of nitrogens with one attached hydrogen (secondary N) is 1. The molecule has 2 aliphatic heterocycles. The molecule has 2 aliphatic rings. The van der Waals surface area contributed by atoms with Crippen molar-refractivity contribution in [1.82, 2.24) is 14.9 Å². The fourth-order valence-corrected chi connectivity index (χ4v) is 4.38. The quantitative estimate of drug-likeness (QED) is 0.494. The van der Waals surface area contributed by atoms with Gasteiger partial charge in [-0.15, -0.1) is 0 Å². The molecule has 198 valence electrons. The van der Waals surface area contributed by atoms with Crippen molar-refractivity contribution in [3.05, 3.63) is 72.6 Å². The number of ether oxygens (including phenoxy) is 1. The maximum absolute atomic E-state index is 12.4. The summed E-state index contributed by atoms with van der Waals surface area (Å²) in [5.74, 6) is 1.36. The van der Waals surface area contributed by atoms with E-state index in [4.69, 9.17) is 14.0 Å². The fraction of sp³-hybridized carbons (Fsp3) is 0.393. The van der Waals surface area contributed by atoms with Crippen LogP contribution in [0.15, 0.2) is 67.0 Å². The van der Waals surface area contributed by atoms with E-state index in [-0.39, 0.29) is 12.7 Å². The van der Waals surface area contributed by atoms with Gasteiger partial charge >= 0.3 is 13.2 Å². The summed E-state index contributed by atoms with van der Waals surface area (Å²) >= 11 is 0. The Morgan fingerprint density at radius 3 is 2.32 bits per heavy atom. The summed E-state index contributed by atoms with van der Waals surface area (Å²) in [6.07, 6.45) is 3.30. The number of aromatic nitrogens is 2. The van der Waals surface area contributed by atoms with Crippen molar-refractivity contribution >= 4 is 36.0 Å². The highest BCUT2D eigenvalue weighted by molar-refractivity contribution is 6.62. The summed E-state index contributed by atoms with van der Waals surface area (Å²) in [5, 5.41) is 3.27. The Kier molecular flexibility index (Phi) is 7.27. The maximum atomic E-state index is 12.4. The summed E-state index contributed by atoms with van der Waals surface area (Å²) < 4.78 is 17.8. The van der Waals surface area contributed by atoms with E-state index in [0.717, 1.165) is 16.7 Å². The molecule has 1 N–H and O–H groups in total. The number of amides is 1.